The predicted octanol–water partition coefficient (Wildman–Crippen LogP) is 2.45. The van der Waals surface area contributed by atoms with E-state index in [2.05, 4.69) is 4.90 Å². The number of rotatable bonds is 3. The fraction of sp³-hybridized carbons (Fsp3) is 0.364. The molecule has 7 heteroatoms. The third-order valence-electron chi connectivity index (χ3n) is 6.44. The summed E-state index contributed by atoms with van der Waals surface area (Å²) in [6.07, 6.45) is 0. The summed E-state index contributed by atoms with van der Waals surface area (Å²) in [6.45, 7) is 1.52. The van der Waals surface area contributed by atoms with Crippen LogP contribution in [0.2, 0.25) is 0 Å². The van der Waals surface area contributed by atoms with Crippen molar-refractivity contribution >= 4 is 17.6 Å². The number of benzene rings is 2. The molecule has 2 fully saturated rings. The maximum absolute atomic E-state index is 13.8. The molecular weight excluding hydrogens is 370 g/mol. The average molecular weight is 393 g/mol. The molecule has 1 spiro atoms. The molecule has 2 aromatic rings. The Bertz CT molecular complexity index is 1010. The highest BCUT2D eigenvalue weighted by molar-refractivity contribution is 6.24. The fourth-order valence-electron chi connectivity index (χ4n) is 5.17. The summed E-state index contributed by atoms with van der Waals surface area (Å²) in [7, 11) is 5.23. The highest BCUT2D eigenvalue weighted by Crippen LogP contribution is 2.53. The van der Waals surface area contributed by atoms with Gasteiger partial charge in [0.05, 0.1) is 26.5 Å². The van der Waals surface area contributed by atoms with Gasteiger partial charge in [0.15, 0.2) is 0 Å². The molecule has 3 amide bonds. The smallest absolute Gasteiger partial charge is 0.332 e. The second-order valence-electron chi connectivity index (χ2n) is 7.92. The molecule has 2 atom stereocenters. The number of likely N-dealkylation sites (N-methyl/N-ethyl adjacent to an activating group) is 1. The molecule has 2 aromatic carbocycles. The number of likely N-dealkylation sites (tertiary alicyclic amines) is 1. The Hall–Kier alpha value is -3.06. The average Bonchev–Trinajstić information content (AvgIpc) is 3.20. The second kappa shape index (κ2) is 6.22. The molecule has 0 bridgehead atoms. The Balaban J connectivity index is 1.71. The first kappa shape index (κ1) is 18.0. The molecule has 29 heavy (non-hydrogen) atoms. The van der Waals surface area contributed by atoms with Gasteiger partial charge in [-0.25, -0.2) is 9.69 Å². The van der Waals surface area contributed by atoms with Gasteiger partial charge < -0.3 is 19.3 Å². The number of anilines is 1. The molecule has 0 radical (unpaired) electrons. The van der Waals surface area contributed by atoms with Crippen LogP contribution in [0, 0.1) is 0 Å². The maximum atomic E-state index is 13.8. The molecule has 7 nitrogen and oxygen atoms in total. The predicted molar refractivity (Wildman–Crippen MR) is 107 cm³/mol. The second-order valence-corrected chi connectivity index (χ2v) is 7.92. The van der Waals surface area contributed by atoms with Crippen LogP contribution in [0.4, 0.5) is 10.5 Å². The van der Waals surface area contributed by atoms with Gasteiger partial charge in [-0.15, -0.1) is 0 Å². The third kappa shape index (κ3) is 2.28. The van der Waals surface area contributed by atoms with E-state index in [-0.39, 0.29) is 17.9 Å². The van der Waals surface area contributed by atoms with Crippen LogP contribution in [-0.2, 0) is 11.3 Å². The molecule has 3 aliphatic rings. The Kier molecular flexibility index (Phi) is 3.86. The molecule has 150 valence electrons. The standard InChI is InChI=1S/C22H23N3O4/c1-23-12-18-16-9-15(28-2)10-19(29-3)17(16)11-24-21(27)25(14-7-5-4-6-8-14)20(26)22(18,24)13-23/h4-10,18H,11-13H2,1-3H3/t18-,22-/m1/s1. The fourth-order valence-corrected chi connectivity index (χ4v) is 5.17. The lowest BCUT2D eigenvalue weighted by Gasteiger charge is -2.42. The van der Waals surface area contributed by atoms with Gasteiger partial charge in [0.1, 0.15) is 17.0 Å². The minimum atomic E-state index is -0.911. The number of para-hydroxylation sites is 1. The van der Waals surface area contributed by atoms with E-state index in [9.17, 15) is 9.59 Å². The van der Waals surface area contributed by atoms with Crippen molar-refractivity contribution in [3.05, 3.63) is 53.6 Å². The minimum absolute atomic E-state index is 0.148. The number of hydrogen-bond donors (Lipinski definition) is 0. The maximum Gasteiger partial charge on any atom is 0.332 e. The lowest BCUT2D eigenvalue weighted by molar-refractivity contribution is -0.125. The van der Waals surface area contributed by atoms with Gasteiger partial charge in [-0.2, -0.15) is 0 Å². The van der Waals surface area contributed by atoms with E-state index >= 15 is 0 Å². The number of carbonyl (C=O) groups excluding carboxylic acids is 2. The van der Waals surface area contributed by atoms with E-state index < -0.39 is 5.54 Å². The van der Waals surface area contributed by atoms with Crippen molar-refractivity contribution in [1.29, 1.82) is 0 Å². The summed E-state index contributed by atoms with van der Waals surface area (Å²) >= 11 is 0. The van der Waals surface area contributed by atoms with Crippen LogP contribution in [0.25, 0.3) is 0 Å². The number of hydrogen-bond acceptors (Lipinski definition) is 5. The molecule has 0 saturated carbocycles. The van der Waals surface area contributed by atoms with E-state index in [0.717, 1.165) is 11.1 Å². The first-order chi connectivity index (χ1) is 14.0. The summed E-state index contributed by atoms with van der Waals surface area (Å²) < 4.78 is 11.1. The van der Waals surface area contributed by atoms with E-state index in [4.69, 9.17) is 9.47 Å². The van der Waals surface area contributed by atoms with Gasteiger partial charge >= 0.3 is 6.03 Å². The van der Waals surface area contributed by atoms with Crippen molar-refractivity contribution < 1.29 is 19.1 Å². The topological polar surface area (TPSA) is 62.3 Å². The Morgan fingerprint density at radius 2 is 1.83 bits per heavy atom. The van der Waals surface area contributed by atoms with Crippen molar-refractivity contribution in [2.75, 3.05) is 39.3 Å². The Morgan fingerprint density at radius 3 is 2.52 bits per heavy atom. The molecular formula is C22H23N3O4. The molecule has 0 unspecified atom stereocenters. The van der Waals surface area contributed by atoms with E-state index in [1.54, 1.807) is 31.3 Å². The Morgan fingerprint density at radius 1 is 1.07 bits per heavy atom. The largest absolute Gasteiger partial charge is 0.497 e. The van der Waals surface area contributed by atoms with Crippen LogP contribution >= 0.6 is 0 Å². The number of ether oxygens (including phenoxy) is 2. The summed E-state index contributed by atoms with van der Waals surface area (Å²) in [6, 6.07) is 12.7. The highest BCUT2D eigenvalue weighted by atomic mass is 16.5. The number of carbonyl (C=O) groups is 2. The molecule has 3 aliphatic heterocycles. The normalized spacial score (nSPS) is 25.7. The van der Waals surface area contributed by atoms with Crippen molar-refractivity contribution in [1.82, 2.24) is 9.80 Å². The van der Waals surface area contributed by atoms with Crippen LogP contribution in [0.1, 0.15) is 17.0 Å². The molecule has 3 heterocycles. The van der Waals surface area contributed by atoms with E-state index in [1.165, 1.54) is 4.90 Å². The van der Waals surface area contributed by atoms with Crippen molar-refractivity contribution in [3.8, 4) is 11.5 Å². The summed E-state index contributed by atoms with van der Waals surface area (Å²) in [5, 5.41) is 0. The van der Waals surface area contributed by atoms with E-state index in [1.807, 2.05) is 37.4 Å². The van der Waals surface area contributed by atoms with E-state index in [0.29, 0.717) is 36.8 Å². The monoisotopic (exact) mass is 393 g/mol. The molecule has 0 N–H and O–H groups in total. The number of fused-ring (bicyclic) bond motifs is 2. The van der Waals surface area contributed by atoms with Crippen molar-refractivity contribution in [3.63, 3.8) is 0 Å². The van der Waals surface area contributed by atoms with Gasteiger partial charge in [0, 0.05) is 30.6 Å². The summed E-state index contributed by atoms with van der Waals surface area (Å²) in [5.74, 6) is 1.07. The SMILES string of the molecule is COc1cc(OC)c2c(c1)[C@H]1CN(C)C[C@]13C(=O)N(c1ccccc1)C(=O)N3C2. The van der Waals surface area contributed by atoms with Crippen molar-refractivity contribution in [2.24, 2.45) is 0 Å². The quantitative estimate of drug-likeness (QED) is 0.750. The van der Waals surface area contributed by atoms with Gasteiger partial charge in [-0.1, -0.05) is 18.2 Å². The summed E-state index contributed by atoms with van der Waals surface area (Å²) in [4.78, 5) is 32.5. The lowest BCUT2D eigenvalue weighted by Crippen LogP contribution is -2.57. The number of imide groups is 1. The first-order valence-corrected chi connectivity index (χ1v) is 9.66. The van der Waals surface area contributed by atoms with Gasteiger partial charge in [-0.3, -0.25) is 4.79 Å². The third-order valence-corrected chi connectivity index (χ3v) is 6.44. The first-order valence-electron chi connectivity index (χ1n) is 9.66. The lowest BCUT2D eigenvalue weighted by atomic mass is 9.75. The zero-order valence-electron chi connectivity index (χ0n) is 16.7. The molecule has 2 saturated heterocycles. The Labute approximate surface area is 169 Å². The van der Waals surface area contributed by atoms with Crippen molar-refractivity contribution in [2.45, 2.75) is 18.0 Å². The number of methoxy groups -OCH3 is 2. The van der Waals surface area contributed by atoms with Crippen LogP contribution in [0.5, 0.6) is 11.5 Å². The summed E-state index contributed by atoms with van der Waals surface area (Å²) in [5.41, 5.74) is 1.66. The molecule has 5 rings (SSSR count). The van der Waals surface area contributed by atoms with Gasteiger partial charge in [0.2, 0.25) is 0 Å². The molecule has 0 aromatic heterocycles. The zero-order chi connectivity index (χ0) is 20.3. The van der Waals surface area contributed by atoms with Crippen LogP contribution < -0.4 is 14.4 Å². The molecule has 0 aliphatic carbocycles. The number of urea groups is 1. The van der Waals surface area contributed by atoms with Gasteiger partial charge in [-0.05, 0) is 30.8 Å². The number of amides is 3. The number of nitrogens with zero attached hydrogens (tertiary/aromatic N) is 3. The highest BCUT2D eigenvalue weighted by Gasteiger charge is 2.67. The minimum Gasteiger partial charge on any atom is -0.497 e. The zero-order valence-corrected chi connectivity index (χ0v) is 16.7. The van der Waals surface area contributed by atoms with Crippen LogP contribution in [-0.4, -0.2) is 61.6 Å². The van der Waals surface area contributed by atoms with Crippen LogP contribution in [0.15, 0.2) is 42.5 Å². The van der Waals surface area contributed by atoms with Crippen LogP contribution in [0.3, 0.4) is 0 Å². The van der Waals surface area contributed by atoms with Gasteiger partial charge in [0.25, 0.3) is 5.91 Å².